The van der Waals surface area contributed by atoms with Gasteiger partial charge in [0.15, 0.2) is 10.2 Å². The highest BCUT2D eigenvalue weighted by Crippen LogP contribution is 2.28. The fourth-order valence-electron chi connectivity index (χ4n) is 1.83. The van der Waals surface area contributed by atoms with E-state index < -0.39 is 15.8 Å². The molecule has 0 spiro atoms. The Labute approximate surface area is 146 Å². The minimum absolute atomic E-state index is 0.00401. The molecule has 2 aromatic heterocycles. The normalized spacial score (nSPS) is 11.4. The summed E-state index contributed by atoms with van der Waals surface area (Å²) in [5, 5.41) is 1.58. The summed E-state index contributed by atoms with van der Waals surface area (Å²) >= 11 is 6.71. The Balaban J connectivity index is 1.85. The molecule has 3 N–H and O–H groups in total. The first-order valence-electron chi connectivity index (χ1n) is 6.50. The number of sulfonamides is 1. The zero-order valence-electron chi connectivity index (χ0n) is 11.9. The largest absolute Gasteiger partial charge is 0.397 e. The van der Waals surface area contributed by atoms with Gasteiger partial charge in [0.25, 0.3) is 10.0 Å². The van der Waals surface area contributed by atoms with Crippen LogP contribution in [0.15, 0.2) is 46.9 Å². The van der Waals surface area contributed by atoms with Gasteiger partial charge in [-0.25, -0.2) is 14.4 Å². The number of nitrogens with zero attached hydrogens (tertiary/aromatic N) is 2. The van der Waals surface area contributed by atoms with E-state index >= 15 is 0 Å². The third-order valence-corrected chi connectivity index (χ3v) is 5.42. The van der Waals surface area contributed by atoms with Crippen molar-refractivity contribution < 1.29 is 12.8 Å². The fraction of sp³-hybridized carbons (Fsp3) is 0. The average Bonchev–Trinajstić information content (AvgIpc) is 2.98. The number of thiazole rings is 1. The summed E-state index contributed by atoms with van der Waals surface area (Å²) < 4.78 is 40.3. The van der Waals surface area contributed by atoms with Crippen LogP contribution in [0.5, 0.6) is 0 Å². The van der Waals surface area contributed by atoms with Gasteiger partial charge in [-0.15, -0.1) is 11.3 Å². The molecular formula is C14H10ClFN4O2S2. The first-order valence-corrected chi connectivity index (χ1v) is 9.24. The Morgan fingerprint density at radius 1 is 1.25 bits per heavy atom. The first kappa shape index (κ1) is 16.6. The molecule has 0 saturated heterocycles. The number of nitrogens with two attached hydrogens (primary N) is 1. The van der Waals surface area contributed by atoms with Crippen molar-refractivity contribution in [3.8, 4) is 11.3 Å². The summed E-state index contributed by atoms with van der Waals surface area (Å²) in [6.45, 7) is 0. The maximum atomic E-state index is 13.5. The summed E-state index contributed by atoms with van der Waals surface area (Å²) in [6.07, 6.45) is 1.25. The molecule has 3 aromatic rings. The SMILES string of the molecule is Nc1ccc(S(=O)(=O)Nc2nc(-c3ccc(Cl)c(F)c3)cs2)nc1. The first-order chi connectivity index (χ1) is 11.3. The molecule has 0 unspecified atom stereocenters. The lowest BCUT2D eigenvalue weighted by atomic mass is 10.2. The highest BCUT2D eigenvalue weighted by molar-refractivity contribution is 7.92. The number of hydrogen-bond acceptors (Lipinski definition) is 6. The molecule has 0 aliphatic heterocycles. The van der Waals surface area contributed by atoms with E-state index in [2.05, 4.69) is 14.7 Å². The number of anilines is 2. The number of hydrogen-bond donors (Lipinski definition) is 2. The lowest BCUT2D eigenvalue weighted by Gasteiger charge is -2.04. The smallest absolute Gasteiger partial charge is 0.281 e. The van der Waals surface area contributed by atoms with Crippen molar-refractivity contribution in [2.24, 2.45) is 0 Å². The van der Waals surface area contributed by atoms with E-state index in [1.54, 1.807) is 11.4 Å². The van der Waals surface area contributed by atoms with E-state index in [-0.39, 0.29) is 15.2 Å². The Hall–Kier alpha value is -2.23. The van der Waals surface area contributed by atoms with Crippen LogP contribution in [0.25, 0.3) is 11.3 Å². The predicted molar refractivity (Wildman–Crippen MR) is 92.0 cm³/mol. The summed E-state index contributed by atoms with van der Waals surface area (Å²) in [6, 6.07) is 6.97. The van der Waals surface area contributed by atoms with Crippen LogP contribution >= 0.6 is 22.9 Å². The van der Waals surface area contributed by atoms with Crippen LogP contribution in [-0.2, 0) is 10.0 Å². The van der Waals surface area contributed by atoms with Crippen LogP contribution in [0.2, 0.25) is 5.02 Å². The minimum Gasteiger partial charge on any atom is -0.397 e. The van der Waals surface area contributed by atoms with Crippen LogP contribution in [0.4, 0.5) is 15.2 Å². The van der Waals surface area contributed by atoms with Gasteiger partial charge >= 0.3 is 0 Å². The van der Waals surface area contributed by atoms with E-state index in [1.165, 1.54) is 30.5 Å². The molecule has 0 amide bonds. The highest BCUT2D eigenvalue weighted by atomic mass is 35.5. The number of pyridine rings is 1. The Morgan fingerprint density at radius 3 is 2.71 bits per heavy atom. The molecule has 124 valence electrons. The standard InChI is InChI=1S/C14H10ClFN4O2S2/c15-10-3-1-8(5-11(10)16)12-7-23-14(19-12)20-24(21,22)13-4-2-9(17)6-18-13/h1-7H,17H2,(H,19,20). The number of nitrogens with one attached hydrogen (secondary N) is 1. The Kier molecular flexibility index (Phi) is 4.39. The Bertz CT molecular complexity index is 990. The van der Waals surface area contributed by atoms with Crippen LogP contribution in [0, 0.1) is 5.82 Å². The van der Waals surface area contributed by atoms with E-state index in [4.69, 9.17) is 17.3 Å². The zero-order valence-corrected chi connectivity index (χ0v) is 14.3. The highest BCUT2D eigenvalue weighted by Gasteiger charge is 2.18. The molecule has 0 aliphatic rings. The van der Waals surface area contributed by atoms with E-state index in [0.29, 0.717) is 16.9 Å². The lowest BCUT2D eigenvalue weighted by molar-refractivity contribution is 0.597. The van der Waals surface area contributed by atoms with Gasteiger partial charge in [0, 0.05) is 10.9 Å². The number of halogens is 2. The van der Waals surface area contributed by atoms with Crippen LogP contribution in [-0.4, -0.2) is 18.4 Å². The molecule has 2 heterocycles. The van der Waals surface area contributed by atoms with Crippen LogP contribution < -0.4 is 10.5 Å². The summed E-state index contributed by atoms with van der Waals surface area (Å²) in [4.78, 5) is 7.92. The topological polar surface area (TPSA) is 98.0 Å². The summed E-state index contributed by atoms with van der Waals surface area (Å²) in [5.41, 5.74) is 6.76. The van der Waals surface area contributed by atoms with Crippen molar-refractivity contribution in [1.82, 2.24) is 9.97 Å². The van der Waals surface area contributed by atoms with Gasteiger partial charge < -0.3 is 5.73 Å². The average molecular weight is 385 g/mol. The van der Waals surface area contributed by atoms with Gasteiger partial charge in [-0.05, 0) is 24.3 Å². The molecule has 24 heavy (non-hydrogen) atoms. The van der Waals surface area contributed by atoms with E-state index in [9.17, 15) is 12.8 Å². The van der Waals surface area contributed by atoms with Crippen molar-refractivity contribution in [1.29, 1.82) is 0 Å². The lowest BCUT2D eigenvalue weighted by Crippen LogP contribution is -2.14. The third kappa shape index (κ3) is 3.48. The molecule has 10 heteroatoms. The second-order valence-electron chi connectivity index (χ2n) is 4.70. The molecule has 0 saturated carbocycles. The summed E-state index contributed by atoms with van der Waals surface area (Å²) in [7, 11) is -3.88. The zero-order chi connectivity index (χ0) is 17.3. The fourth-order valence-corrected chi connectivity index (χ4v) is 3.85. The molecule has 0 fully saturated rings. The van der Waals surface area contributed by atoms with Gasteiger partial charge in [0.05, 0.1) is 22.6 Å². The third-order valence-electron chi connectivity index (χ3n) is 2.98. The minimum atomic E-state index is -3.88. The van der Waals surface area contributed by atoms with Crippen molar-refractivity contribution in [2.45, 2.75) is 5.03 Å². The maximum Gasteiger partial charge on any atom is 0.281 e. The summed E-state index contributed by atoms with van der Waals surface area (Å²) in [5.74, 6) is -0.574. The van der Waals surface area contributed by atoms with Gasteiger partial charge in [-0.2, -0.15) is 8.42 Å². The quantitative estimate of drug-likeness (QED) is 0.718. The van der Waals surface area contributed by atoms with Gasteiger partial charge in [-0.1, -0.05) is 17.7 Å². The molecule has 0 aliphatic carbocycles. The van der Waals surface area contributed by atoms with Gasteiger partial charge in [-0.3, -0.25) is 4.72 Å². The Morgan fingerprint density at radius 2 is 2.04 bits per heavy atom. The second-order valence-corrected chi connectivity index (χ2v) is 7.60. The number of rotatable bonds is 4. The molecule has 0 bridgehead atoms. The van der Waals surface area contributed by atoms with Gasteiger partial charge in [0.1, 0.15) is 5.82 Å². The molecule has 3 rings (SSSR count). The van der Waals surface area contributed by atoms with Crippen molar-refractivity contribution in [2.75, 3.05) is 10.5 Å². The molecule has 0 radical (unpaired) electrons. The number of aromatic nitrogens is 2. The molecular weight excluding hydrogens is 375 g/mol. The van der Waals surface area contributed by atoms with Crippen LogP contribution in [0.3, 0.4) is 0 Å². The van der Waals surface area contributed by atoms with Crippen molar-refractivity contribution in [3.05, 3.63) is 52.7 Å². The number of nitrogen functional groups attached to an aromatic ring is 1. The monoisotopic (exact) mass is 384 g/mol. The van der Waals surface area contributed by atoms with Gasteiger partial charge in [0.2, 0.25) is 0 Å². The van der Waals surface area contributed by atoms with Crippen LogP contribution in [0.1, 0.15) is 0 Å². The molecule has 6 nitrogen and oxygen atoms in total. The van der Waals surface area contributed by atoms with Crippen molar-refractivity contribution >= 4 is 43.8 Å². The molecule has 1 aromatic carbocycles. The van der Waals surface area contributed by atoms with Crippen molar-refractivity contribution in [3.63, 3.8) is 0 Å². The molecule has 0 atom stereocenters. The van der Waals surface area contributed by atoms with E-state index in [1.807, 2.05) is 0 Å². The number of benzene rings is 1. The maximum absolute atomic E-state index is 13.5. The van der Waals surface area contributed by atoms with E-state index in [0.717, 1.165) is 11.3 Å². The predicted octanol–water partition coefficient (Wildman–Crippen LogP) is 3.38. The second kappa shape index (κ2) is 6.34.